The summed E-state index contributed by atoms with van der Waals surface area (Å²) in [6, 6.07) is 16.6. The van der Waals surface area contributed by atoms with Gasteiger partial charge in [0.25, 0.3) is 0 Å². The van der Waals surface area contributed by atoms with Crippen LogP contribution in [0.2, 0.25) is 0 Å². The van der Waals surface area contributed by atoms with E-state index in [2.05, 4.69) is 38.6 Å². The SMILES string of the molecule is COc1ccc(SN2CCN(c3nc(C)cc(Nc4ccc(F)cc4)n3)CC2C)cc1. The van der Waals surface area contributed by atoms with E-state index in [1.807, 2.05) is 25.1 Å². The largest absolute Gasteiger partial charge is 0.497 e. The molecule has 1 aliphatic rings. The first kappa shape index (κ1) is 21.4. The van der Waals surface area contributed by atoms with Gasteiger partial charge in [0, 0.05) is 48.0 Å². The second kappa shape index (κ2) is 9.53. The van der Waals surface area contributed by atoms with Crippen molar-refractivity contribution in [3.8, 4) is 5.75 Å². The molecule has 162 valence electrons. The third-order valence-corrected chi connectivity index (χ3v) is 6.35. The Bertz CT molecular complexity index is 1020. The van der Waals surface area contributed by atoms with E-state index in [1.54, 1.807) is 31.2 Å². The quantitative estimate of drug-likeness (QED) is 0.549. The highest BCUT2D eigenvalue weighted by Crippen LogP contribution is 2.29. The van der Waals surface area contributed by atoms with Gasteiger partial charge in [0.2, 0.25) is 5.95 Å². The number of aromatic nitrogens is 2. The topological polar surface area (TPSA) is 53.5 Å². The van der Waals surface area contributed by atoms with Gasteiger partial charge in [-0.05, 0) is 74.3 Å². The lowest BCUT2D eigenvalue weighted by atomic mass is 10.2. The minimum atomic E-state index is -0.260. The van der Waals surface area contributed by atoms with E-state index in [-0.39, 0.29) is 5.82 Å². The summed E-state index contributed by atoms with van der Waals surface area (Å²) in [5, 5.41) is 3.24. The van der Waals surface area contributed by atoms with Crippen molar-refractivity contribution < 1.29 is 9.13 Å². The summed E-state index contributed by atoms with van der Waals surface area (Å²) in [5.41, 5.74) is 1.68. The molecule has 2 aromatic carbocycles. The van der Waals surface area contributed by atoms with Gasteiger partial charge in [-0.15, -0.1) is 0 Å². The van der Waals surface area contributed by atoms with Crippen LogP contribution in [0.5, 0.6) is 5.75 Å². The number of anilines is 3. The molecule has 1 aromatic heterocycles. The third kappa shape index (κ3) is 5.45. The Kier molecular flexibility index (Phi) is 6.58. The Hall–Kier alpha value is -2.84. The number of piperazine rings is 1. The van der Waals surface area contributed by atoms with Crippen LogP contribution < -0.4 is 15.0 Å². The van der Waals surface area contributed by atoms with E-state index >= 15 is 0 Å². The smallest absolute Gasteiger partial charge is 0.227 e. The van der Waals surface area contributed by atoms with Gasteiger partial charge >= 0.3 is 0 Å². The molecule has 31 heavy (non-hydrogen) atoms. The second-order valence-electron chi connectivity index (χ2n) is 7.53. The van der Waals surface area contributed by atoms with E-state index in [0.717, 1.165) is 36.8 Å². The molecule has 8 heteroatoms. The van der Waals surface area contributed by atoms with Crippen LogP contribution >= 0.6 is 11.9 Å². The minimum absolute atomic E-state index is 0.260. The van der Waals surface area contributed by atoms with Crippen molar-refractivity contribution in [2.45, 2.75) is 24.8 Å². The molecule has 0 spiro atoms. The molecule has 0 bridgehead atoms. The monoisotopic (exact) mass is 439 g/mol. The zero-order valence-electron chi connectivity index (χ0n) is 17.9. The number of halogens is 1. The fourth-order valence-corrected chi connectivity index (χ4v) is 4.42. The van der Waals surface area contributed by atoms with Crippen molar-refractivity contribution in [1.29, 1.82) is 0 Å². The third-order valence-electron chi connectivity index (χ3n) is 5.09. The summed E-state index contributed by atoms with van der Waals surface area (Å²) in [5.74, 6) is 2.02. The van der Waals surface area contributed by atoms with Crippen molar-refractivity contribution in [2.75, 3.05) is 37.0 Å². The molecular formula is C23H26FN5OS. The van der Waals surface area contributed by atoms with Gasteiger partial charge in [-0.3, -0.25) is 0 Å². The summed E-state index contributed by atoms with van der Waals surface area (Å²) in [6.07, 6.45) is 0. The highest BCUT2D eigenvalue weighted by molar-refractivity contribution is 7.97. The molecule has 0 saturated carbocycles. The zero-order chi connectivity index (χ0) is 21.8. The lowest BCUT2D eigenvalue weighted by Crippen LogP contribution is -2.49. The molecule has 1 atom stereocenters. The summed E-state index contributed by atoms with van der Waals surface area (Å²) in [6.45, 7) is 6.75. The Morgan fingerprint density at radius 2 is 1.81 bits per heavy atom. The van der Waals surface area contributed by atoms with Crippen LogP contribution in [0.1, 0.15) is 12.6 Å². The number of aryl methyl sites for hydroxylation is 1. The van der Waals surface area contributed by atoms with Crippen molar-refractivity contribution in [1.82, 2.24) is 14.3 Å². The van der Waals surface area contributed by atoms with Gasteiger partial charge < -0.3 is 15.0 Å². The molecule has 1 unspecified atom stereocenters. The van der Waals surface area contributed by atoms with Gasteiger partial charge in [-0.25, -0.2) is 13.7 Å². The predicted molar refractivity (Wildman–Crippen MR) is 124 cm³/mol. The average Bonchev–Trinajstić information content (AvgIpc) is 2.77. The van der Waals surface area contributed by atoms with Crippen LogP contribution in [-0.2, 0) is 0 Å². The first-order chi connectivity index (χ1) is 15.0. The first-order valence-corrected chi connectivity index (χ1v) is 11.0. The van der Waals surface area contributed by atoms with E-state index in [1.165, 1.54) is 17.0 Å². The molecule has 0 radical (unpaired) electrons. The van der Waals surface area contributed by atoms with Crippen molar-refractivity contribution >= 4 is 29.4 Å². The summed E-state index contributed by atoms with van der Waals surface area (Å²) in [7, 11) is 1.68. The Balaban J connectivity index is 1.42. The number of nitrogens with one attached hydrogen (secondary N) is 1. The van der Waals surface area contributed by atoms with Gasteiger partial charge in [0.05, 0.1) is 7.11 Å². The molecule has 1 saturated heterocycles. The van der Waals surface area contributed by atoms with Gasteiger partial charge in [0.15, 0.2) is 0 Å². The lowest BCUT2D eigenvalue weighted by molar-refractivity contribution is 0.334. The Morgan fingerprint density at radius 1 is 1.06 bits per heavy atom. The van der Waals surface area contributed by atoms with Crippen LogP contribution in [0.4, 0.5) is 21.8 Å². The molecular weight excluding hydrogens is 413 g/mol. The van der Waals surface area contributed by atoms with E-state index in [4.69, 9.17) is 9.72 Å². The lowest BCUT2D eigenvalue weighted by Gasteiger charge is -2.39. The van der Waals surface area contributed by atoms with Gasteiger partial charge in [-0.1, -0.05) is 0 Å². The number of nitrogens with zero attached hydrogens (tertiary/aromatic N) is 4. The Morgan fingerprint density at radius 3 is 2.48 bits per heavy atom. The summed E-state index contributed by atoms with van der Waals surface area (Å²) in [4.78, 5) is 12.8. The number of methoxy groups -OCH3 is 1. The second-order valence-corrected chi connectivity index (χ2v) is 8.65. The summed E-state index contributed by atoms with van der Waals surface area (Å²) >= 11 is 1.77. The van der Waals surface area contributed by atoms with Crippen molar-refractivity contribution in [2.24, 2.45) is 0 Å². The highest BCUT2D eigenvalue weighted by Gasteiger charge is 2.26. The maximum atomic E-state index is 13.2. The molecule has 1 aliphatic heterocycles. The molecule has 0 amide bonds. The fourth-order valence-electron chi connectivity index (χ4n) is 3.47. The van der Waals surface area contributed by atoms with Crippen LogP contribution in [0, 0.1) is 12.7 Å². The Labute approximate surface area is 186 Å². The molecule has 6 nitrogen and oxygen atoms in total. The number of hydrogen-bond acceptors (Lipinski definition) is 7. The first-order valence-electron chi connectivity index (χ1n) is 10.2. The zero-order valence-corrected chi connectivity index (χ0v) is 18.7. The maximum absolute atomic E-state index is 13.2. The van der Waals surface area contributed by atoms with E-state index < -0.39 is 0 Å². The van der Waals surface area contributed by atoms with Crippen molar-refractivity contribution in [3.05, 3.63) is 66.1 Å². The van der Waals surface area contributed by atoms with Gasteiger partial charge in [-0.2, -0.15) is 4.98 Å². The normalized spacial score (nSPS) is 16.9. The average molecular weight is 440 g/mol. The van der Waals surface area contributed by atoms with Crippen LogP contribution in [0.3, 0.4) is 0 Å². The molecule has 0 aliphatic carbocycles. The standard InChI is InChI=1S/C23H26FN5OS/c1-16-14-22(26-19-6-4-18(24)5-7-19)27-23(25-16)28-12-13-29(17(2)15-28)31-21-10-8-20(30-3)9-11-21/h4-11,14,17H,12-13,15H2,1-3H3,(H,25,26,27). The number of rotatable bonds is 6. The highest BCUT2D eigenvalue weighted by atomic mass is 32.2. The number of ether oxygens (including phenoxy) is 1. The predicted octanol–water partition coefficient (Wildman–Crippen LogP) is 4.89. The minimum Gasteiger partial charge on any atom is -0.497 e. The van der Waals surface area contributed by atoms with Crippen LogP contribution in [-0.4, -0.2) is 47.1 Å². The molecule has 2 heterocycles. The molecule has 3 aromatic rings. The summed E-state index contributed by atoms with van der Waals surface area (Å²) < 4.78 is 20.8. The fraction of sp³-hybridized carbons (Fsp3) is 0.304. The number of benzene rings is 2. The van der Waals surface area contributed by atoms with E-state index in [0.29, 0.717) is 17.8 Å². The van der Waals surface area contributed by atoms with E-state index in [9.17, 15) is 4.39 Å². The van der Waals surface area contributed by atoms with Gasteiger partial charge in [0.1, 0.15) is 17.4 Å². The number of hydrogen-bond donors (Lipinski definition) is 1. The maximum Gasteiger partial charge on any atom is 0.227 e. The van der Waals surface area contributed by atoms with Crippen LogP contribution in [0.25, 0.3) is 0 Å². The molecule has 1 N–H and O–H groups in total. The molecule has 1 fully saturated rings. The van der Waals surface area contributed by atoms with Crippen molar-refractivity contribution in [3.63, 3.8) is 0 Å². The van der Waals surface area contributed by atoms with Crippen LogP contribution in [0.15, 0.2) is 59.5 Å². The molecule has 4 rings (SSSR count).